The van der Waals surface area contributed by atoms with Crippen molar-refractivity contribution >= 4 is 17.2 Å². The van der Waals surface area contributed by atoms with Crippen molar-refractivity contribution in [3.05, 3.63) is 21.9 Å². The molecule has 0 bridgehead atoms. The van der Waals surface area contributed by atoms with E-state index < -0.39 is 0 Å². The molecule has 3 heterocycles. The second kappa shape index (κ2) is 7.37. The fraction of sp³-hybridized carbons (Fsp3) is 0.750. The summed E-state index contributed by atoms with van der Waals surface area (Å²) in [6.07, 6.45) is 6.89. The monoisotopic (exact) mass is 363 g/mol. The molecule has 3 fully saturated rings. The van der Waals surface area contributed by atoms with Crippen LogP contribution in [0, 0.1) is 18.8 Å². The van der Waals surface area contributed by atoms with Crippen molar-refractivity contribution in [2.45, 2.75) is 51.0 Å². The van der Waals surface area contributed by atoms with Gasteiger partial charge in [0.05, 0.1) is 10.5 Å². The van der Waals surface area contributed by atoms with E-state index in [-0.39, 0.29) is 11.5 Å². The molecule has 5 heteroatoms. The molecule has 0 aromatic carbocycles. The van der Waals surface area contributed by atoms with Gasteiger partial charge < -0.3 is 14.4 Å². The van der Waals surface area contributed by atoms with Gasteiger partial charge in [0, 0.05) is 32.9 Å². The van der Waals surface area contributed by atoms with Gasteiger partial charge in [-0.25, -0.2) is 0 Å². The summed E-state index contributed by atoms with van der Waals surface area (Å²) < 4.78 is 12.1. The van der Waals surface area contributed by atoms with E-state index in [4.69, 9.17) is 9.47 Å². The molecule has 25 heavy (non-hydrogen) atoms. The Hall–Kier alpha value is -0.910. The van der Waals surface area contributed by atoms with E-state index in [2.05, 4.69) is 0 Å². The van der Waals surface area contributed by atoms with Crippen LogP contribution < -0.4 is 0 Å². The molecule has 2 saturated heterocycles. The molecule has 4 nitrogen and oxygen atoms in total. The molecular formula is C20H29NO3S. The number of aryl methyl sites for hydroxylation is 1. The standard InChI is InChI=1S/C20H29NO3S/c1-15-6-13-25-18(15)19(22)21-9-7-20(8-10-21)17(5-12-24-20)4-11-23-14-16-2-3-16/h6,13,16-17H,2-5,7-12,14H2,1H3. The minimum absolute atomic E-state index is 0.00971. The lowest BCUT2D eigenvalue weighted by molar-refractivity contribution is -0.0672. The second-order valence-corrected chi connectivity index (χ2v) is 8.85. The largest absolute Gasteiger partial charge is 0.381 e. The van der Waals surface area contributed by atoms with Crippen molar-refractivity contribution in [2.75, 3.05) is 32.9 Å². The molecule has 0 N–H and O–H groups in total. The third-order valence-corrected chi connectivity index (χ3v) is 7.22. The summed E-state index contributed by atoms with van der Waals surface area (Å²) in [7, 11) is 0. The van der Waals surface area contributed by atoms with Crippen LogP contribution in [-0.2, 0) is 9.47 Å². The Morgan fingerprint density at radius 3 is 2.84 bits per heavy atom. The van der Waals surface area contributed by atoms with Crippen LogP contribution in [0.5, 0.6) is 0 Å². The minimum Gasteiger partial charge on any atom is -0.381 e. The number of thiophene rings is 1. The van der Waals surface area contributed by atoms with Crippen LogP contribution in [0.15, 0.2) is 11.4 Å². The second-order valence-electron chi connectivity index (χ2n) is 7.93. The average Bonchev–Trinajstić information content (AvgIpc) is 3.23. The first-order chi connectivity index (χ1) is 12.2. The first-order valence-electron chi connectivity index (χ1n) is 9.73. The molecule has 1 aliphatic carbocycles. The van der Waals surface area contributed by atoms with E-state index in [0.717, 1.165) is 75.0 Å². The van der Waals surface area contributed by atoms with Gasteiger partial charge in [0.15, 0.2) is 0 Å². The molecule has 1 saturated carbocycles. The zero-order valence-corrected chi connectivity index (χ0v) is 16.0. The average molecular weight is 364 g/mol. The Morgan fingerprint density at radius 1 is 1.36 bits per heavy atom. The Balaban J connectivity index is 1.29. The summed E-state index contributed by atoms with van der Waals surface area (Å²) in [5, 5.41) is 2.01. The summed E-state index contributed by atoms with van der Waals surface area (Å²) in [5.74, 6) is 1.63. The van der Waals surface area contributed by atoms with E-state index in [1.165, 1.54) is 12.8 Å². The highest BCUT2D eigenvalue weighted by Crippen LogP contribution is 2.42. The maximum Gasteiger partial charge on any atom is 0.264 e. The van der Waals surface area contributed by atoms with Crippen molar-refractivity contribution in [1.82, 2.24) is 4.90 Å². The number of rotatable bonds is 6. The number of likely N-dealkylation sites (tertiary alicyclic amines) is 1. The van der Waals surface area contributed by atoms with Crippen molar-refractivity contribution in [3.63, 3.8) is 0 Å². The van der Waals surface area contributed by atoms with Gasteiger partial charge in [-0.3, -0.25) is 4.79 Å². The minimum atomic E-state index is -0.00971. The highest BCUT2D eigenvalue weighted by atomic mass is 32.1. The van der Waals surface area contributed by atoms with Crippen LogP contribution >= 0.6 is 11.3 Å². The SMILES string of the molecule is Cc1ccsc1C(=O)N1CCC2(CC1)OCCC2CCOCC1CC1. The molecule has 138 valence electrons. The highest BCUT2D eigenvalue weighted by molar-refractivity contribution is 7.12. The number of carbonyl (C=O) groups excluding carboxylic acids is 1. The molecule has 1 aromatic rings. The first kappa shape index (κ1) is 17.5. The Kier molecular flexibility index (Phi) is 5.16. The van der Waals surface area contributed by atoms with Gasteiger partial charge in [0.1, 0.15) is 0 Å². The highest BCUT2D eigenvalue weighted by Gasteiger charge is 2.46. The number of hydrogen-bond donors (Lipinski definition) is 0. The molecule has 2 aliphatic heterocycles. The zero-order chi connectivity index (χ0) is 17.3. The van der Waals surface area contributed by atoms with Crippen LogP contribution in [0.25, 0.3) is 0 Å². The van der Waals surface area contributed by atoms with Crippen molar-refractivity contribution in [3.8, 4) is 0 Å². The molecule has 1 atom stereocenters. The molecule has 1 aromatic heterocycles. The molecule has 0 radical (unpaired) electrons. The number of piperidine rings is 1. The Morgan fingerprint density at radius 2 is 2.16 bits per heavy atom. The maximum absolute atomic E-state index is 12.7. The molecule has 3 aliphatic rings. The molecule has 1 amide bonds. The predicted molar refractivity (Wildman–Crippen MR) is 99.1 cm³/mol. The van der Waals surface area contributed by atoms with Crippen LogP contribution in [0.4, 0.5) is 0 Å². The summed E-state index contributed by atoms with van der Waals surface area (Å²) in [6.45, 7) is 6.33. The van der Waals surface area contributed by atoms with E-state index in [9.17, 15) is 4.79 Å². The summed E-state index contributed by atoms with van der Waals surface area (Å²) in [5.41, 5.74) is 1.09. The van der Waals surface area contributed by atoms with Gasteiger partial charge in [-0.2, -0.15) is 0 Å². The number of carbonyl (C=O) groups is 1. The van der Waals surface area contributed by atoms with Crippen molar-refractivity contribution < 1.29 is 14.3 Å². The quantitative estimate of drug-likeness (QED) is 0.720. The molecular weight excluding hydrogens is 334 g/mol. The first-order valence-corrected chi connectivity index (χ1v) is 10.6. The van der Waals surface area contributed by atoms with Gasteiger partial charge in [-0.15, -0.1) is 11.3 Å². The molecule has 4 rings (SSSR count). The third-order valence-electron chi connectivity index (χ3n) is 6.21. The van der Waals surface area contributed by atoms with Crippen molar-refractivity contribution in [1.29, 1.82) is 0 Å². The smallest absolute Gasteiger partial charge is 0.264 e. The topological polar surface area (TPSA) is 38.8 Å². The number of hydrogen-bond acceptors (Lipinski definition) is 4. The Labute approximate surface area is 154 Å². The number of nitrogens with zero attached hydrogens (tertiary/aromatic N) is 1. The number of ether oxygens (including phenoxy) is 2. The van der Waals surface area contributed by atoms with Gasteiger partial charge in [0.25, 0.3) is 5.91 Å². The summed E-state index contributed by atoms with van der Waals surface area (Å²) >= 11 is 1.56. The van der Waals surface area contributed by atoms with Gasteiger partial charge in [0.2, 0.25) is 0 Å². The van der Waals surface area contributed by atoms with E-state index in [1.807, 2.05) is 23.3 Å². The summed E-state index contributed by atoms with van der Waals surface area (Å²) in [4.78, 5) is 15.6. The lowest BCUT2D eigenvalue weighted by Gasteiger charge is -2.42. The van der Waals surface area contributed by atoms with Gasteiger partial charge in [-0.05, 0) is 74.3 Å². The number of amides is 1. The van der Waals surface area contributed by atoms with E-state index in [1.54, 1.807) is 11.3 Å². The Bertz CT molecular complexity index is 602. The fourth-order valence-electron chi connectivity index (χ4n) is 4.33. The normalized spacial score (nSPS) is 25.6. The lowest BCUT2D eigenvalue weighted by atomic mass is 9.78. The zero-order valence-electron chi connectivity index (χ0n) is 15.2. The predicted octanol–water partition coefficient (Wildman–Crippen LogP) is 3.88. The van der Waals surface area contributed by atoms with Crippen molar-refractivity contribution in [2.24, 2.45) is 11.8 Å². The van der Waals surface area contributed by atoms with Crippen LogP contribution in [-0.4, -0.2) is 49.3 Å². The molecule has 1 spiro atoms. The summed E-state index contributed by atoms with van der Waals surface area (Å²) in [6, 6.07) is 2.03. The van der Waals surface area contributed by atoms with Crippen LogP contribution in [0.2, 0.25) is 0 Å². The van der Waals surface area contributed by atoms with Gasteiger partial charge >= 0.3 is 0 Å². The molecule has 1 unspecified atom stereocenters. The fourth-order valence-corrected chi connectivity index (χ4v) is 5.22. The van der Waals surface area contributed by atoms with E-state index in [0.29, 0.717) is 5.92 Å². The lowest BCUT2D eigenvalue weighted by Crippen LogP contribution is -2.49. The third kappa shape index (κ3) is 3.79. The van der Waals surface area contributed by atoms with E-state index >= 15 is 0 Å². The van der Waals surface area contributed by atoms with Crippen LogP contribution in [0.1, 0.15) is 53.8 Å². The van der Waals surface area contributed by atoms with Crippen LogP contribution in [0.3, 0.4) is 0 Å². The maximum atomic E-state index is 12.7. The van der Waals surface area contributed by atoms with Gasteiger partial charge in [-0.1, -0.05) is 0 Å².